The number of likely N-dealkylation sites (N-methyl/N-ethyl adjacent to an activating group) is 1. The molecule has 0 aliphatic rings. The van der Waals surface area contributed by atoms with Crippen LogP contribution in [0.15, 0.2) is 42.7 Å². The fourth-order valence-corrected chi connectivity index (χ4v) is 1.62. The van der Waals surface area contributed by atoms with E-state index in [1.165, 1.54) is 0 Å². The molecule has 1 heterocycles. The molecule has 5 heteroatoms. The maximum atomic E-state index is 11.9. The van der Waals surface area contributed by atoms with Gasteiger partial charge in [0.1, 0.15) is 12.3 Å². The molecule has 0 fully saturated rings. The SMILES string of the molecule is CN(Cc1ccc(O)cc1)C(=O)Cn1cccn1. The highest BCUT2D eigenvalue weighted by Gasteiger charge is 2.09. The largest absolute Gasteiger partial charge is 0.508 e. The van der Waals surface area contributed by atoms with Gasteiger partial charge < -0.3 is 10.0 Å². The topological polar surface area (TPSA) is 58.4 Å². The zero-order valence-corrected chi connectivity index (χ0v) is 10.2. The zero-order chi connectivity index (χ0) is 13.0. The van der Waals surface area contributed by atoms with Gasteiger partial charge in [0, 0.05) is 26.0 Å². The third-order valence-electron chi connectivity index (χ3n) is 2.64. The number of aromatic hydroxyl groups is 1. The fourth-order valence-electron chi connectivity index (χ4n) is 1.62. The summed E-state index contributed by atoms with van der Waals surface area (Å²) in [5.41, 5.74) is 0.976. The van der Waals surface area contributed by atoms with E-state index in [1.54, 1.807) is 59.4 Å². The Morgan fingerprint density at radius 1 is 1.39 bits per heavy atom. The summed E-state index contributed by atoms with van der Waals surface area (Å²) in [7, 11) is 1.75. The lowest BCUT2D eigenvalue weighted by molar-refractivity contribution is -0.131. The Morgan fingerprint density at radius 2 is 2.11 bits per heavy atom. The van der Waals surface area contributed by atoms with E-state index in [0.29, 0.717) is 6.54 Å². The minimum Gasteiger partial charge on any atom is -0.508 e. The smallest absolute Gasteiger partial charge is 0.244 e. The number of benzene rings is 1. The molecule has 1 aromatic heterocycles. The first-order valence-corrected chi connectivity index (χ1v) is 5.64. The van der Waals surface area contributed by atoms with E-state index in [1.807, 2.05) is 0 Å². The Labute approximate surface area is 105 Å². The second kappa shape index (κ2) is 5.35. The lowest BCUT2D eigenvalue weighted by Gasteiger charge is -2.17. The van der Waals surface area contributed by atoms with E-state index in [2.05, 4.69) is 5.10 Å². The third kappa shape index (κ3) is 3.10. The van der Waals surface area contributed by atoms with Crippen molar-refractivity contribution in [1.29, 1.82) is 0 Å². The Balaban J connectivity index is 1.93. The number of nitrogens with zero attached hydrogens (tertiary/aromatic N) is 3. The van der Waals surface area contributed by atoms with Gasteiger partial charge in [0.05, 0.1) is 0 Å². The second-order valence-corrected chi connectivity index (χ2v) is 4.12. The quantitative estimate of drug-likeness (QED) is 0.881. The highest BCUT2D eigenvalue weighted by atomic mass is 16.3. The number of amides is 1. The van der Waals surface area contributed by atoms with Gasteiger partial charge in [-0.15, -0.1) is 0 Å². The minimum atomic E-state index is -0.00762. The highest BCUT2D eigenvalue weighted by molar-refractivity contribution is 5.75. The molecule has 0 saturated heterocycles. The van der Waals surface area contributed by atoms with Gasteiger partial charge in [-0.25, -0.2) is 0 Å². The van der Waals surface area contributed by atoms with Crippen molar-refractivity contribution in [3.63, 3.8) is 0 Å². The first kappa shape index (κ1) is 12.2. The number of phenols is 1. The van der Waals surface area contributed by atoms with Crippen LogP contribution in [-0.2, 0) is 17.9 Å². The van der Waals surface area contributed by atoms with Crippen LogP contribution in [0, 0.1) is 0 Å². The molecule has 1 amide bonds. The van der Waals surface area contributed by atoms with Crippen molar-refractivity contribution in [2.45, 2.75) is 13.1 Å². The van der Waals surface area contributed by atoms with E-state index in [0.717, 1.165) is 5.56 Å². The average molecular weight is 245 g/mol. The van der Waals surface area contributed by atoms with Gasteiger partial charge in [-0.05, 0) is 23.8 Å². The molecule has 0 aliphatic heterocycles. The van der Waals surface area contributed by atoms with Crippen LogP contribution in [0.2, 0.25) is 0 Å². The number of carbonyl (C=O) groups is 1. The zero-order valence-electron chi connectivity index (χ0n) is 10.2. The molecule has 0 aliphatic carbocycles. The van der Waals surface area contributed by atoms with Crippen LogP contribution in [0.4, 0.5) is 0 Å². The molecule has 0 atom stereocenters. The number of phenolic OH excluding ortho intramolecular Hbond substituents is 1. The first-order valence-electron chi connectivity index (χ1n) is 5.64. The van der Waals surface area contributed by atoms with Gasteiger partial charge >= 0.3 is 0 Å². The predicted octanol–water partition coefficient (Wildman–Crippen LogP) is 1.25. The Kier molecular flexibility index (Phi) is 3.62. The molecule has 0 radical (unpaired) electrons. The molecule has 0 saturated carbocycles. The van der Waals surface area contributed by atoms with Crippen molar-refractivity contribution in [1.82, 2.24) is 14.7 Å². The summed E-state index contributed by atoms with van der Waals surface area (Å²) in [5.74, 6) is 0.219. The summed E-state index contributed by atoms with van der Waals surface area (Å²) in [6.45, 7) is 0.752. The van der Waals surface area contributed by atoms with E-state index >= 15 is 0 Å². The van der Waals surface area contributed by atoms with Crippen molar-refractivity contribution in [2.24, 2.45) is 0 Å². The molecule has 0 unspecified atom stereocenters. The standard InChI is InChI=1S/C13H15N3O2/c1-15(9-11-3-5-12(17)6-4-11)13(18)10-16-8-2-7-14-16/h2-8,17H,9-10H2,1H3. The maximum absolute atomic E-state index is 11.9. The average Bonchev–Trinajstić information content (AvgIpc) is 2.85. The van der Waals surface area contributed by atoms with Gasteiger partial charge in [0.15, 0.2) is 0 Å². The molecule has 18 heavy (non-hydrogen) atoms. The van der Waals surface area contributed by atoms with Gasteiger partial charge in [-0.1, -0.05) is 12.1 Å². The summed E-state index contributed by atoms with van der Waals surface area (Å²) in [6, 6.07) is 8.61. The summed E-state index contributed by atoms with van der Waals surface area (Å²) in [5, 5.41) is 13.2. The van der Waals surface area contributed by atoms with Gasteiger partial charge in [0.25, 0.3) is 0 Å². The van der Waals surface area contributed by atoms with E-state index < -0.39 is 0 Å². The summed E-state index contributed by atoms with van der Waals surface area (Å²) < 4.78 is 1.59. The van der Waals surface area contributed by atoms with E-state index in [9.17, 15) is 9.90 Å². The highest BCUT2D eigenvalue weighted by Crippen LogP contribution is 2.11. The summed E-state index contributed by atoms with van der Waals surface area (Å²) >= 11 is 0. The molecule has 0 spiro atoms. The molecule has 0 bridgehead atoms. The van der Waals surface area contributed by atoms with Gasteiger partial charge in [0.2, 0.25) is 5.91 Å². The van der Waals surface area contributed by atoms with Crippen LogP contribution in [0.3, 0.4) is 0 Å². The van der Waals surface area contributed by atoms with Gasteiger partial charge in [-0.3, -0.25) is 9.48 Å². The van der Waals surface area contributed by atoms with Crippen LogP contribution in [-0.4, -0.2) is 32.7 Å². The third-order valence-corrected chi connectivity index (χ3v) is 2.64. The fraction of sp³-hybridized carbons (Fsp3) is 0.231. The van der Waals surface area contributed by atoms with Crippen LogP contribution in [0.25, 0.3) is 0 Å². The molecule has 2 aromatic rings. The van der Waals surface area contributed by atoms with Crippen LogP contribution >= 0.6 is 0 Å². The number of aromatic nitrogens is 2. The van der Waals surface area contributed by atoms with Crippen molar-refractivity contribution >= 4 is 5.91 Å². The maximum Gasteiger partial charge on any atom is 0.244 e. The Hall–Kier alpha value is -2.30. The Morgan fingerprint density at radius 3 is 2.72 bits per heavy atom. The van der Waals surface area contributed by atoms with Crippen LogP contribution < -0.4 is 0 Å². The summed E-state index contributed by atoms with van der Waals surface area (Å²) in [6.07, 6.45) is 3.40. The lowest BCUT2D eigenvalue weighted by atomic mass is 10.2. The second-order valence-electron chi connectivity index (χ2n) is 4.12. The first-order chi connectivity index (χ1) is 8.65. The van der Waals surface area contributed by atoms with Crippen LogP contribution in [0.5, 0.6) is 5.75 Å². The molecule has 2 rings (SSSR count). The summed E-state index contributed by atoms with van der Waals surface area (Å²) in [4.78, 5) is 13.5. The molecule has 1 aromatic carbocycles. The number of hydrogen-bond donors (Lipinski definition) is 1. The lowest BCUT2D eigenvalue weighted by Crippen LogP contribution is -2.29. The van der Waals surface area contributed by atoms with E-state index in [4.69, 9.17) is 0 Å². The van der Waals surface area contributed by atoms with Crippen molar-refractivity contribution < 1.29 is 9.90 Å². The van der Waals surface area contributed by atoms with Crippen molar-refractivity contribution in [3.05, 3.63) is 48.3 Å². The minimum absolute atomic E-state index is 0.00762. The van der Waals surface area contributed by atoms with Gasteiger partial charge in [-0.2, -0.15) is 5.10 Å². The molecular weight excluding hydrogens is 230 g/mol. The van der Waals surface area contributed by atoms with E-state index in [-0.39, 0.29) is 18.2 Å². The molecule has 5 nitrogen and oxygen atoms in total. The van der Waals surface area contributed by atoms with Crippen molar-refractivity contribution in [2.75, 3.05) is 7.05 Å². The normalized spacial score (nSPS) is 10.3. The number of carbonyl (C=O) groups excluding carboxylic acids is 1. The monoisotopic (exact) mass is 245 g/mol. The van der Waals surface area contributed by atoms with Crippen LogP contribution in [0.1, 0.15) is 5.56 Å². The van der Waals surface area contributed by atoms with Crippen molar-refractivity contribution in [3.8, 4) is 5.75 Å². The number of hydrogen-bond acceptors (Lipinski definition) is 3. The predicted molar refractivity (Wildman–Crippen MR) is 66.8 cm³/mol. The molecule has 94 valence electrons. The Bertz CT molecular complexity index is 506. The molecule has 1 N–H and O–H groups in total. The number of rotatable bonds is 4. The molecular formula is C13H15N3O2.